The van der Waals surface area contributed by atoms with E-state index in [0.29, 0.717) is 31.8 Å². The first-order valence-corrected chi connectivity index (χ1v) is 8.43. The molecule has 1 fully saturated rings. The van der Waals surface area contributed by atoms with Crippen LogP contribution in [0, 0.1) is 12.8 Å². The molecule has 6 heteroatoms. The van der Waals surface area contributed by atoms with Gasteiger partial charge in [0, 0.05) is 19.7 Å². The Morgan fingerprint density at radius 2 is 2.21 bits per heavy atom. The van der Waals surface area contributed by atoms with E-state index in [2.05, 4.69) is 10.3 Å². The van der Waals surface area contributed by atoms with Crippen LogP contribution in [-0.4, -0.2) is 34.7 Å². The Balaban J connectivity index is 1.63. The zero-order valence-electron chi connectivity index (χ0n) is 14.1. The molecule has 0 spiro atoms. The monoisotopic (exact) mass is 329 g/mol. The van der Waals surface area contributed by atoms with Crippen molar-refractivity contribution in [2.24, 2.45) is 5.92 Å². The van der Waals surface area contributed by atoms with Gasteiger partial charge in [-0.05, 0) is 38.8 Å². The third-order valence-electron chi connectivity index (χ3n) is 4.59. The number of amides is 1. The maximum Gasteiger partial charge on any atom is 0.272 e. The minimum Gasteiger partial charge on any atom is -0.378 e. The van der Waals surface area contributed by atoms with E-state index in [9.17, 15) is 9.59 Å². The number of nitrogens with zero attached hydrogens (tertiary/aromatic N) is 2. The van der Waals surface area contributed by atoms with Crippen LogP contribution in [0.25, 0.3) is 11.0 Å². The number of nitrogens with one attached hydrogen (secondary N) is 1. The number of hydrogen-bond acceptors (Lipinski definition) is 4. The van der Waals surface area contributed by atoms with Crippen molar-refractivity contribution >= 4 is 16.9 Å². The molecule has 1 aromatic heterocycles. The molecule has 0 saturated carbocycles. The topological polar surface area (TPSA) is 73.2 Å². The highest BCUT2D eigenvalue weighted by atomic mass is 16.5. The zero-order chi connectivity index (χ0) is 17.1. The van der Waals surface area contributed by atoms with Crippen LogP contribution in [0.2, 0.25) is 0 Å². The summed E-state index contributed by atoms with van der Waals surface area (Å²) >= 11 is 0. The third kappa shape index (κ3) is 3.33. The predicted octanol–water partition coefficient (Wildman–Crippen LogP) is 1.64. The summed E-state index contributed by atoms with van der Waals surface area (Å²) in [6.45, 7) is 5.41. The van der Waals surface area contributed by atoms with Gasteiger partial charge in [0.25, 0.3) is 5.56 Å². The van der Waals surface area contributed by atoms with Gasteiger partial charge in [0.05, 0.1) is 23.1 Å². The number of aromatic nitrogens is 2. The quantitative estimate of drug-likeness (QED) is 0.846. The Labute approximate surface area is 140 Å². The Hall–Kier alpha value is -2.21. The van der Waals surface area contributed by atoms with Gasteiger partial charge in [0.15, 0.2) is 0 Å². The summed E-state index contributed by atoms with van der Waals surface area (Å²) in [4.78, 5) is 28.8. The van der Waals surface area contributed by atoms with Crippen molar-refractivity contribution < 1.29 is 9.53 Å². The smallest absolute Gasteiger partial charge is 0.272 e. The summed E-state index contributed by atoms with van der Waals surface area (Å²) < 4.78 is 7.17. The molecule has 0 radical (unpaired) electrons. The molecule has 1 aromatic carbocycles. The molecule has 0 bridgehead atoms. The molecule has 1 amide bonds. The van der Waals surface area contributed by atoms with Gasteiger partial charge in [-0.15, -0.1) is 0 Å². The van der Waals surface area contributed by atoms with Gasteiger partial charge in [0.1, 0.15) is 5.69 Å². The number of fused-ring (bicyclic) bond motifs is 1. The first-order valence-electron chi connectivity index (χ1n) is 8.43. The second-order valence-corrected chi connectivity index (χ2v) is 6.26. The van der Waals surface area contributed by atoms with Crippen molar-refractivity contribution in [3.05, 3.63) is 40.3 Å². The van der Waals surface area contributed by atoms with Gasteiger partial charge < -0.3 is 14.6 Å². The van der Waals surface area contributed by atoms with Crippen molar-refractivity contribution in [2.45, 2.75) is 39.3 Å². The molecule has 6 nitrogen and oxygen atoms in total. The third-order valence-corrected chi connectivity index (χ3v) is 4.59. The lowest BCUT2D eigenvalue weighted by molar-refractivity contribution is -0.126. The fraction of sp³-hybridized carbons (Fsp3) is 0.500. The molecule has 1 N–H and O–H groups in total. The van der Waals surface area contributed by atoms with Crippen LogP contribution in [0.1, 0.15) is 25.5 Å². The lowest BCUT2D eigenvalue weighted by Crippen LogP contribution is -2.35. The van der Waals surface area contributed by atoms with Crippen molar-refractivity contribution in [3.8, 4) is 0 Å². The summed E-state index contributed by atoms with van der Waals surface area (Å²) in [6, 6.07) is 7.62. The van der Waals surface area contributed by atoms with Crippen molar-refractivity contribution in [1.82, 2.24) is 14.9 Å². The number of rotatable bonds is 5. The molecular weight excluding hydrogens is 306 g/mol. The maximum atomic E-state index is 12.4. The Morgan fingerprint density at radius 1 is 1.42 bits per heavy atom. The van der Waals surface area contributed by atoms with E-state index in [1.165, 1.54) is 0 Å². The average Bonchev–Trinajstić information content (AvgIpc) is 3.00. The second kappa shape index (κ2) is 7.13. The van der Waals surface area contributed by atoms with Gasteiger partial charge in [-0.3, -0.25) is 9.59 Å². The summed E-state index contributed by atoms with van der Waals surface area (Å²) in [7, 11) is 0. The van der Waals surface area contributed by atoms with E-state index in [4.69, 9.17) is 4.74 Å². The van der Waals surface area contributed by atoms with Gasteiger partial charge >= 0.3 is 0 Å². The van der Waals surface area contributed by atoms with Crippen LogP contribution in [0.4, 0.5) is 0 Å². The molecule has 24 heavy (non-hydrogen) atoms. The van der Waals surface area contributed by atoms with Crippen LogP contribution < -0.4 is 10.9 Å². The van der Waals surface area contributed by atoms with Crippen LogP contribution in [0.3, 0.4) is 0 Å². The van der Waals surface area contributed by atoms with Crippen molar-refractivity contribution in [1.29, 1.82) is 0 Å². The van der Waals surface area contributed by atoms with Crippen LogP contribution in [0.5, 0.6) is 0 Å². The Bertz CT molecular complexity index is 800. The summed E-state index contributed by atoms with van der Waals surface area (Å²) in [6.07, 6.45) is 1.46. The van der Waals surface area contributed by atoms with E-state index in [0.717, 1.165) is 17.5 Å². The highest BCUT2D eigenvalue weighted by Gasteiger charge is 2.30. The lowest BCUT2D eigenvalue weighted by Gasteiger charge is -2.15. The minimum atomic E-state index is -0.0714. The number of carbonyl (C=O) groups excluding carboxylic acids is 1. The fourth-order valence-electron chi connectivity index (χ4n) is 3.20. The van der Waals surface area contributed by atoms with E-state index in [1.54, 1.807) is 11.5 Å². The van der Waals surface area contributed by atoms with E-state index >= 15 is 0 Å². The highest BCUT2D eigenvalue weighted by Crippen LogP contribution is 2.20. The van der Waals surface area contributed by atoms with Crippen molar-refractivity contribution in [3.63, 3.8) is 0 Å². The molecule has 3 rings (SSSR count). The Kier molecular flexibility index (Phi) is 4.94. The normalized spacial score (nSPS) is 20.4. The second-order valence-electron chi connectivity index (χ2n) is 6.26. The largest absolute Gasteiger partial charge is 0.378 e. The van der Waals surface area contributed by atoms with Gasteiger partial charge in [-0.25, -0.2) is 4.98 Å². The average molecular weight is 329 g/mol. The first kappa shape index (κ1) is 16.6. The lowest BCUT2D eigenvalue weighted by atomic mass is 10.0. The number of benzene rings is 1. The molecule has 2 atom stereocenters. The van der Waals surface area contributed by atoms with Crippen molar-refractivity contribution in [2.75, 3.05) is 13.2 Å². The fourth-order valence-corrected chi connectivity index (χ4v) is 3.20. The van der Waals surface area contributed by atoms with Crippen LogP contribution in [0.15, 0.2) is 29.1 Å². The summed E-state index contributed by atoms with van der Waals surface area (Å²) in [5.74, 6) is -0.0140. The molecule has 2 heterocycles. The molecule has 1 aliphatic heterocycles. The standard InChI is InChI=1S/C18H23N3O3/c1-12-18(23)21(16-7-4-3-6-15(16)20-12)10-5-9-19-17(22)14-8-11-24-13(14)2/h3-4,6-7,13-14H,5,8-11H2,1-2H3,(H,19,22)/t13-,14+/m1/s1. The molecular formula is C18H23N3O3. The molecule has 1 saturated heterocycles. The molecule has 0 unspecified atom stereocenters. The van der Waals surface area contributed by atoms with Crippen LogP contribution >= 0.6 is 0 Å². The predicted molar refractivity (Wildman–Crippen MR) is 91.9 cm³/mol. The summed E-state index contributed by atoms with van der Waals surface area (Å²) in [5.41, 5.74) is 2.07. The highest BCUT2D eigenvalue weighted by molar-refractivity contribution is 5.79. The number of carbonyl (C=O) groups is 1. The molecule has 0 aliphatic carbocycles. The first-order chi connectivity index (χ1) is 11.6. The number of para-hydroxylation sites is 2. The van der Waals surface area contributed by atoms with Crippen LogP contribution in [-0.2, 0) is 16.1 Å². The van der Waals surface area contributed by atoms with E-state index < -0.39 is 0 Å². The van der Waals surface area contributed by atoms with Gasteiger partial charge in [-0.2, -0.15) is 0 Å². The Morgan fingerprint density at radius 3 is 2.96 bits per heavy atom. The maximum absolute atomic E-state index is 12.4. The zero-order valence-corrected chi connectivity index (χ0v) is 14.1. The van der Waals surface area contributed by atoms with E-state index in [-0.39, 0.29) is 23.5 Å². The number of aryl methyl sites for hydroxylation is 2. The minimum absolute atomic E-state index is 0.0144. The van der Waals surface area contributed by atoms with Gasteiger partial charge in [-0.1, -0.05) is 12.1 Å². The molecule has 128 valence electrons. The van der Waals surface area contributed by atoms with E-state index in [1.807, 2.05) is 31.2 Å². The summed E-state index contributed by atoms with van der Waals surface area (Å²) in [5, 5.41) is 2.96. The molecule has 1 aliphatic rings. The number of ether oxygens (including phenoxy) is 1. The molecule has 2 aromatic rings. The van der Waals surface area contributed by atoms with Gasteiger partial charge in [0.2, 0.25) is 5.91 Å². The SMILES string of the molecule is Cc1nc2ccccc2n(CCCNC(=O)[C@H]2CCO[C@@H]2C)c1=O. The number of hydrogen-bond donors (Lipinski definition) is 1.